The van der Waals surface area contributed by atoms with Crippen molar-refractivity contribution in [3.8, 4) is 6.07 Å². The van der Waals surface area contributed by atoms with Crippen molar-refractivity contribution in [1.29, 1.82) is 5.26 Å². The van der Waals surface area contributed by atoms with Crippen LogP contribution in [0.4, 0.5) is 5.69 Å². The molecule has 0 radical (unpaired) electrons. The second-order valence-corrected chi connectivity index (χ2v) is 4.08. The minimum Gasteiger partial charge on any atom is -0.369 e. The van der Waals surface area contributed by atoms with Crippen LogP contribution in [-0.4, -0.2) is 42.6 Å². The molecule has 1 aromatic rings. The normalized spacial score (nSPS) is 17.1. The van der Waals surface area contributed by atoms with Gasteiger partial charge in [0.15, 0.2) is 0 Å². The predicted octanol–water partition coefficient (Wildman–Crippen LogP) is 1.04. The molecule has 0 N–H and O–H groups in total. The van der Waals surface area contributed by atoms with Crippen LogP contribution in [0.3, 0.4) is 0 Å². The summed E-state index contributed by atoms with van der Waals surface area (Å²) in [4.78, 5) is 8.73. The summed E-state index contributed by atoms with van der Waals surface area (Å²) < 4.78 is 0. The number of aryl methyl sites for hydroxylation is 1. The molecule has 1 aliphatic rings. The monoisotopic (exact) mass is 216 g/mol. The lowest BCUT2D eigenvalue weighted by molar-refractivity contribution is 0.287. The molecule has 84 valence electrons. The van der Waals surface area contributed by atoms with E-state index in [1.54, 1.807) is 0 Å². The number of rotatable bonds is 2. The van der Waals surface area contributed by atoms with Crippen LogP contribution in [0.15, 0.2) is 18.3 Å². The van der Waals surface area contributed by atoms with Crippen molar-refractivity contribution >= 4 is 5.69 Å². The van der Waals surface area contributed by atoms with Gasteiger partial charge in [0.1, 0.15) is 0 Å². The van der Waals surface area contributed by atoms with E-state index in [0.717, 1.165) is 31.9 Å². The smallest absolute Gasteiger partial charge is 0.0867 e. The Morgan fingerprint density at radius 2 is 2.12 bits per heavy atom. The first kappa shape index (κ1) is 10.9. The van der Waals surface area contributed by atoms with Crippen LogP contribution >= 0.6 is 0 Å². The topological polar surface area (TPSA) is 43.2 Å². The number of aromatic nitrogens is 1. The maximum absolute atomic E-state index is 8.62. The first-order valence-electron chi connectivity index (χ1n) is 5.56. The van der Waals surface area contributed by atoms with Crippen molar-refractivity contribution in [3.05, 3.63) is 24.0 Å². The van der Waals surface area contributed by atoms with Gasteiger partial charge in [-0.25, -0.2) is 0 Å². The van der Waals surface area contributed by atoms with Crippen molar-refractivity contribution in [2.24, 2.45) is 0 Å². The Morgan fingerprint density at radius 1 is 1.38 bits per heavy atom. The van der Waals surface area contributed by atoms with Crippen LogP contribution in [0.1, 0.15) is 5.69 Å². The van der Waals surface area contributed by atoms with E-state index >= 15 is 0 Å². The third-order valence-electron chi connectivity index (χ3n) is 2.91. The third-order valence-corrected chi connectivity index (χ3v) is 2.91. The number of nitriles is 1. The number of pyridine rings is 1. The standard InChI is InChI=1S/C12H16N4/c1-11-10-12(2-4-14-11)16-8-6-15(5-3-13)7-9-16/h2,4,10H,5-9H2,1H3. The van der Waals surface area contributed by atoms with E-state index < -0.39 is 0 Å². The van der Waals surface area contributed by atoms with E-state index in [1.807, 2.05) is 19.2 Å². The van der Waals surface area contributed by atoms with Crippen LogP contribution in [-0.2, 0) is 0 Å². The molecule has 0 atom stereocenters. The van der Waals surface area contributed by atoms with E-state index in [9.17, 15) is 0 Å². The third kappa shape index (κ3) is 2.50. The average molecular weight is 216 g/mol. The minimum absolute atomic E-state index is 0.545. The zero-order valence-electron chi connectivity index (χ0n) is 9.56. The summed E-state index contributed by atoms with van der Waals surface area (Å²) in [7, 11) is 0. The number of piperazine rings is 1. The van der Waals surface area contributed by atoms with E-state index in [2.05, 4.69) is 26.9 Å². The van der Waals surface area contributed by atoms with Crippen LogP contribution in [0.25, 0.3) is 0 Å². The lowest BCUT2D eigenvalue weighted by atomic mass is 10.2. The summed E-state index contributed by atoms with van der Waals surface area (Å²) in [6.07, 6.45) is 1.85. The van der Waals surface area contributed by atoms with Crippen molar-refractivity contribution in [1.82, 2.24) is 9.88 Å². The highest BCUT2D eigenvalue weighted by molar-refractivity contribution is 5.46. The fourth-order valence-corrected chi connectivity index (χ4v) is 1.99. The first-order valence-corrected chi connectivity index (χ1v) is 5.56. The second kappa shape index (κ2) is 4.95. The van der Waals surface area contributed by atoms with Gasteiger partial charge >= 0.3 is 0 Å². The van der Waals surface area contributed by atoms with Crippen LogP contribution in [0.5, 0.6) is 0 Å². The van der Waals surface area contributed by atoms with Crippen LogP contribution in [0, 0.1) is 18.3 Å². The quantitative estimate of drug-likeness (QED) is 0.693. The molecule has 2 heterocycles. The highest BCUT2D eigenvalue weighted by Crippen LogP contribution is 2.16. The summed E-state index contributed by atoms with van der Waals surface area (Å²) in [6.45, 7) is 6.47. The van der Waals surface area contributed by atoms with E-state index in [1.165, 1.54) is 5.69 Å². The fraction of sp³-hybridized carbons (Fsp3) is 0.500. The highest BCUT2D eigenvalue weighted by Gasteiger charge is 2.16. The van der Waals surface area contributed by atoms with Gasteiger partial charge < -0.3 is 4.90 Å². The van der Waals surface area contributed by atoms with Gasteiger partial charge in [0.2, 0.25) is 0 Å². The molecule has 1 aliphatic heterocycles. The van der Waals surface area contributed by atoms with Gasteiger partial charge in [-0.2, -0.15) is 5.26 Å². The first-order chi connectivity index (χ1) is 7.79. The number of hydrogen-bond acceptors (Lipinski definition) is 4. The minimum atomic E-state index is 0.545. The van der Waals surface area contributed by atoms with Crippen molar-refractivity contribution in [3.63, 3.8) is 0 Å². The largest absolute Gasteiger partial charge is 0.369 e. The summed E-state index contributed by atoms with van der Waals surface area (Å²) in [6, 6.07) is 6.36. The molecular formula is C12H16N4. The summed E-state index contributed by atoms with van der Waals surface area (Å²) >= 11 is 0. The summed E-state index contributed by atoms with van der Waals surface area (Å²) in [5, 5.41) is 8.62. The Balaban J connectivity index is 1.97. The van der Waals surface area contributed by atoms with E-state index in [0.29, 0.717) is 6.54 Å². The molecular weight excluding hydrogens is 200 g/mol. The number of nitrogens with zero attached hydrogens (tertiary/aromatic N) is 4. The maximum atomic E-state index is 8.62. The van der Waals surface area contributed by atoms with Gasteiger partial charge in [-0.1, -0.05) is 0 Å². The SMILES string of the molecule is Cc1cc(N2CCN(CC#N)CC2)ccn1. The second-order valence-electron chi connectivity index (χ2n) is 4.08. The molecule has 1 saturated heterocycles. The average Bonchev–Trinajstić information content (AvgIpc) is 2.30. The molecule has 4 heteroatoms. The highest BCUT2D eigenvalue weighted by atomic mass is 15.3. The predicted molar refractivity (Wildman–Crippen MR) is 63.2 cm³/mol. The molecule has 1 aromatic heterocycles. The molecule has 0 amide bonds. The fourth-order valence-electron chi connectivity index (χ4n) is 1.99. The van der Waals surface area contributed by atoms with Gasteiger partial charge in [0, 0.05) is 43.8 Å². The zero-order chi connectivity index (χ0) is 11.4. The molecule has 4 nitrogen and oxygen atoms in total. The molecule has 0 bridgehead atoms. The molecule has 0 spiro atoms. The molecule has 0 aliphatic carbocycles. The Hall–Kier alpha value is -1.60. The Kier molecular flexibility index (Phi) is 3.37. The molecule has 2 rings (SSSR count). The maximum Gasteiger partial charge on any atom is 0.0867 e. The van der Waals surface area contributed by atoms with E-state index in [-0.39, 0.29) is 0 Å². The molecule has 16 heavy (non-hydrogen) atoms. The molecule has 1 fully saturated rings. The lowest BCUT2D eigenvalue weighted by Crippen LogP contribution is -2.46. The van der Waals surface area contributed by atoms with Gasteiger partial charge in [0.05, 0.1) is 12.6 Å². The Bertz CT molecular complexity index is 388. The van der Waals surface area contributed by atoms with Gasteiger partial charge in [-0.15, -0.1) is 0 Å². The van der Waals surface area contributed by atoms with Crippen molar-refractivity contribution in [2.75, 3.05) is 37.6 Å². The van der Waals surface area contributed by atoms with Crippen molar-refractivity contribution < 1.29 is 0 Å². The summed E-state index contributed by atoms with van der Waals surface area (Å²) in [5.74, 6) is 0. The lowest BCUT2D eigenvalue weighted by Gasteiger charge is -2.34. The van der Waals surface area contributed by atoms with Gasteiger partial charge in [-0.05, 0) is 19.1 Å². The number of hydrogen-bond donors (Lipinski definition) is 0. The Morgan fingerprint density at radius 3 is 2.75 bits per heavy atom. The van der Waals surface area contributed by atoms with Gasteiger partial charge in [-0.3, -0.25) is 9.88 Å². The number of anilines is 1. The summed E-state index contributed by atoms with van der Waals surface area (Å²) in [5.41, 5.74) is 2.29. The van der Waals surface area contributed by atoms with Gasteiger partial charge in [0.25, 0.3) is 0 Å². The molecule has 0 saturated carbocycles. The zero-order valence-corrected chi connectivity index (χ0v) is 9.56. The van der Waals surface area contributed by atoms with Crippen LogP contribution < -0.4 is 4.90 Å². The van der Waals surface area contributed by atoms with E-state index in [4.69, 9.17) is 5.26 Å². The van der Waals surface area contributed by atoms with Crippen LogP contribution in [0.2, 0.25) is 0 Å². The molecule has 0 unspecified atom stereocenters. The van der Waals surface area contributed by atoms with Crippen molar-refractivity contribution in [2.45, 2.75) is 6.92 Å². The Labute approximate surface area is 96.1 Å². The molecule has 0 aromatic carbocycles.